The Hall–Kier alpha value is -1.13. The summed E-state index contributed by atoms with van der Waals surface area (Å²) in [7, 11) is 0. The van der Waals surface area contributed by atoms with Gasteiger partial charge in [-0.05, 0) is 56.2 Å². The molecule has 3 rings (SSSR count). The third kappa shape index (κ3) is 3.61. The second-order valence-electron chi connectivity index (χ2n) is 6.63. The average molecular weight is 325 g/mol. The van der Waals surface area contributed by atoms with Gasteiger partial charge in [-0.15, -0.1) is 0 Å². The number of hydrogen-bond acceptors (Lipinski definition) is 2. The topological polar surface area (TPSA) is 41.1 Å². The summed E-state index contributed by atoms with van der Waals surface area (Å²) >= 11 is 6.05. The van der Waals surface area contributed by atoms with Gasteiger partial charge in [0.1, 0.15) is 5.82 Å². The van der Waals surface area contributed by atoms with Gasteiger partial charge < -0.3 is 10.6 Å². The minimum Gasteiger partial charge on any atom is -0.350 e. The largest absolute Gasteiger partial charge is 0.350 e. The third-order valence-electron chi connectivity index (χ3n) is 4.85. The molecule has 22 heavy (non-hydrogen) atoms. The fourth-order valence-corrected chi connectivity index (χ4v) is 4.17. The smallest absolute Gasteiger partial charge is 0.220 e. The molecular formula is C17H22ClFN2O. The highest BCUT2D eigenvalue weighted by Gasteiger charge is 2.34. The van der Waals surface area contributed by atoms with Crippen molar-refractivity contribution in [3.8, 4) is 0 Å². The van der Waals surface area contributed by atoms with E-state index in [-0.39, 0.29) is 17.8 Å². The molecule has 0 saturated carbocycles. The molecule has 2 bridgehead atoms. The van der Waals surface area contributed by atoms with Gasteiger partial charge in [0.05, 0.1) is 6.04 Å². The van der Waals surface area contributed by atoms with Crippen LogP contribution < -0.4 is 10.6 Å². The molecule has 120 valence electrons. The summed E-state index contributed by atoms with van der Waals surface area (Å²) in [6.45, 7) is 1.88. The molecule has 1 aromatic rings. The Balaban J connectivity index is 1.55. The van der Waals surface area contributed by atoms with Crippen LogP contribution in [0.3, 0.4) is 0 Å². The molecule has 2 aliphatic rings. The fourth-order valence-electron chi connectivity index (χ4n) is 3.83. The van der Waals surface area contributed by atoms with Gasteiger partial charge in [0.15, 0.2) is 0 Å². The Labute approximate surface area is 135 Å². The van der Waals surface area contributed by atoms with Crippen molar-refractivity contribution in [3.05, 3.63) is 34.6 Å². The van der Waals surface area contributed by atoms with Crippen molar-refractivity contribution in [2.45, 2.75) is 57.2 Å². The van der Waals surface area contributed by atoms with E-state index < -0.39 is 0 Å². The van der Waals surface area contributed by atoms with Crippen LogP contribution in [0.2, 0.25) is 5.02 Å². The van der Waals surface area contributed by atoms with Crippen molar-refractivity contribution in [3.63, 3.8) is 0 Å². The number of benzene rings is 1. The molecule has 3 nitrogen and oxygen atoms in total. The van der Waals surface area contributed by atoms with Crippen molar-refractivity contribution < 1.29 is 9.18 Å². The van der Waals surface area contributed by atoms with Crippen LogP contribution >= 0.6 is 11.6 Å². The van der Waals surface area contributed by atoms with Gasteiger partial charge in [-0.1, -0.05) is 17.7 Å². The SMILES string of the molecule is CC(NC(=O)CC1CC2CCC(C1)N2)c1ccc(F)cc1Cl. The summed E-state index contributed by atoms with van der Waals surface area (Å²) in [6.07, 6.45) is 5.23. The first-order valence-corrected chi connectivity index (χ1v) is 8.39. The molecule has 3 unspecified atom stereocenters. The number of rotatable bonds is 4. The second kappa shape index (κ2) is 6.55. The number of piperidine rings is 1. The molecule has 5 heteroatoms. The van der Waals surface area contributed by atoms with E-state index in [0.29, 0.717) is 29.4 Å². The molecule has 0 radical (unpaired) electrons. The number of halogens is 2. The highest BCUT2D eigenvalue weighted by atomic mass is 35.5. The minimum absolute atomic E-state index is 0.0548. The average Bonchev–Trinajstić information content (AvgIpc) is 2.77. The molecule has 2 fully saturated rings. The van der Waals surface area contributed by atoms with Crippen molar-refractivity contribution in [2.75, 3.05) is 0 Å². The lowest BCUT2D eigenvalue weighted by Gasteiger charge is -2.29. The van der Waals surface area contributed by atoms with Gasteiger partial charge in [0.25, 0.3) is 0 Å². The molecular weight excluding hydrogens is 303 g/mol. The van der Waals surface area contributed by atoms with E-state index in [9.17, 15) is 9.18 Å². The normalized spacial score (nSPS) is 28.4. The zero-order valence-electron chi connectivity index (χ0n) is 12.7. The molecule has 1 amide bonds. The Bertz CT molecular complexity index is 554. The molecule has 0 aromatic heterocycles. The number of amides is 1. The van der Waals surface area contributed by atoms with Gasteiger partial charge >= 0.3 is 0 Å². The molecule has 2 N–H and O–H groups in total. The van der Waals surface area contributed by atoms with Crippen LogP contribution in [0.25, 0.3) is 0 Å². The van der Waals surface area contributed by atoms with E-state index in [1.165, 1.54) is 25.0 Å². The molecule has 2 aliphatic heterocycles. The van der Waals surface area contributed by atoms with Gasteiger partial charge in [-0.2, -0.15) is 0 Å². The first-order valence-electron chi connectivity index (χ1n) is 8.01. The van der Waals surface area contributed by atoms with E-state index >= 15 is 0 Å². The van der Waals surface area contributed by atoms with Crippen molar-refractivity contribution in [1.82, 2.24) is 10.6 Å². The first-order chi connectivity index (χ1) is 10.5. The zero-order chi connectivity index (χ0) is 15.7. The van der Waals surface area contributed by atoms with E-state index in [1.54, 1.807) is 6.07 Å². The number of nitrogens with one attached hydrogen (secondary N) is 2. The monoisotopic (exact) mass is 324 g/mol. The van der Waals surface area contributed by atoms with Gasteiger partial charge in [0, 0.05) is 23.5 Å². The Kier molecular flexibility index (Phi) is 4.69. The standard InChI is InChI=1S/C17H22ClFN2O/c1-10(15-5-2-12(19)9-16(15)18)20-17(22)8-11-6-13-3-4-14(7-11)21-13/h2,5,9-11,13-14,21H,3-4,6-8H2,1H3,(H,20,22). The van der Waals surface area contributed by atoms with Crippen LogP contribution in [-0.4, -0.2) is 18.0 Å². The lowest BCUT2D eigenvalue weighted by molar-refractivity contribution is -0.122. The lowest BCUT2D eigenvalue weighted by Crippen LogP contribution is -2.40. The summed E-state index contributed by atoms with van der Waals surface area (Å²) in [4.78, 5) is 12.3. The minimum atomic E-state index is -0.363. The van der Waals surface area contributed by atoms with Crippen molar-refractivity contribution >= 4 is 17.5 Å². The maximum absolute atomic E-state index is 13.1. The molecule has 1 aromatic carbocycles. The highest BCUT2D eigenvalue weighted by Crippen LogP contribution is 2.33. The molecule has 0 aliphatic carbocycles. The third-order valence-corrected chi connectivity index (χ3v) is 5.18. The Morgan fingerprint density at radius 3 is 2.73 bits per heavy atom. The van der Waals surface area contributed by atoms with Gasteiger partial charge in [-0.25, -0.2) is 4.39 Å². The Morgan fingerprint density at radius 1 is 1.41 bits per heavy atom. The van der Waals surface area contributed by atoms with Crippen LogP contribution in [0.1, 0.15) is 50.6 Å². The van der Waals surface area contributed by atoms with Gasteiger partial charge in [-0.3, -0.25) is 4.79 Å². The Morgan fingerprint density at radius 2 is 2.09 bits per heavy atom. The van der Waals surface area contributed by atoms with Crippen LogP contribution in [0.4, 0.5) is 4.39 Å². The summed E-state index contributed by atoms with van der Waals surface area (Å²) in [5.41, 5.74) is 0.752. The number of carbonyl (C=O) groups excluding carboxylic acids is 1. The molecule has 2 heterocycles. The van der Waals surface area contributed by atoms with E-state index in [2.05, 4.69) is 10.6 Å². The predicted octanol–water partition coefficient (Wildman–Crippen LogP) is 3.58. The summed E-state index contributed by atoms with van der Waals surface area (Å²) in [6, 6.07) is 5.27. The van der Waals surface area contributed by atoms with Crippen molar-refractivity contribution in [2.24, 2.45) is 5.92 Å². The van der Waals surface area contributed by atoms with E-state index in [1.807, 2.05) is 6.92 Å². The predicted molar refractivity (Wildman–Crippen MR) is 85.3 cm³/mol. The highest BCUT2D eigenvalue weighted by molar-refractivity contribution is 6.31. The zero-order valence-corrected chi connectivity index (χ0v) is 13.5. The second-order valence-corrected chi connectivity index (χ2v) is 7.04. The molecule has 0 spiro atoms. The van der Waals surface area contributed by atoms with Crippen LogP contribution in [-0.2, 0) is 4.79 Å². The van der Waals surface area contributed by atoms with Gasteiger partial charge in [0.2, 0.25) is 5.91 Å². The van der Waals surface area contributed by atoms with Crippen molar-refractivity contribution in [1.29, 1.82) is 0 Å². The lowest BCUT2D eigenvalue weighted by atomic mass is 9.89. The summed E-state index contributed by atoms with van der Waals surface area (Å²) in [5.74, 6) is 0.159. The maximum atomic E-state index is 13.1. The maximum Gasteiger partial charge on any atom is 0.220 e. The van der Waals surface area contributed by atoms with Crippen LogP contribution in [0.5, 0.6) is 0 Å². The first kappa shape index (κ1) is 15.8. The van der Waals surface area contributed by atoms with Crippen LogP contribution in [0.15, 0.2) is 18.2 Å². The molecule has 2 saturated heterocycles. The quantitative estimate of drug-likeness (QED) is 0.889. The number of hydrogen-bond donors (Lipinski definition) is 2. The molecule has 3 atom stereocenters. The van der Waals surface area contributed by atoms with E-state index in [4.69, 9.17) is 11.6 Å². The number of carbonyl (C=O) groups is 1. The summed E-state index contributed by atoms with van der Waals surface area (Å²) < 4.78 is 13.1. The van der Waals surface area contributed by atoms with Crippen LogP contribution in [0, 0.1) is 11.7 Å². The number of fused-ring (bicyclic) bond motifs is 2. The fraction of sp³-hybridized carbons (Fsp3) is 0.588. The summed E-state index contributed by atoms with van der Waals surface area (Å²) in [5, 5.41) is 6.93. The van der Waals surface area contributed by atoms with E-state index in [0.717, 1.165) is 18.4 Å².